The number of hydrogen-bond acceptors (Lipinski definition) is 7. The fourth-order valence-corrected chi connectivity index (χ4v) is 2.47. The van der Waals surface area contributed by atoms with Crippen LogP contribution in [0.4, 0.5) is 5.95 Å². The van der Waals surface area contributed by atoms with Gasteiger partial charge in [-0.3, -0.25) is 14.6 Å². The van der Waals surface area contributed by atoms with Crippen molar-refractivity contribution < 1.29 is 9.53 Å². The van der Waals surface area contributed by atoms with Crippen molar-refractivity contribution in [2.24, 2.45) is 0 Å². The molecule has 1 saturated heterocycles. The molecule has 0 aliphatic carbocycles. The summed E-state index contributed by atoms with van der Waals surface area (Å²) < 4.78 is 6.35. The van der Waals surface area contributed by atoms with Gasteiger partial charge in [0.15, 0.2) is 11.2 Å². The first-order chi connectivity index (χ1) is 10.7. The summed E-state index contributed by atoms with van der Waals surface area (Å²) in [5, 5.41) is 3.24. The molecular formula is C13H18N6O3. The second kappa shape index (κ2) is 6.14. The van der Waals surface area contributed by atoms with Gasteiger partial charge in [0.2, 0.25) is 5.95 Å². The monoisotopic (exact) mass is 306 g/mol. The van der Waals surface area contributed by atoms with Crippen molar-refractivity contribution in [2.75, 3.05) is 37.7 Å². The van der Waals surface area contributed by atoms with Gasteiger partial charge in [0.05, 0.1) is 12.9 Å². The van der Waals surface area contributed by atoms with E-state index in [0.717, 1.165) is 26.2 Å². The lowest BCUT2D eigenvalue weighted by Crippen LogP contribution is -2.44. The molecule has 0 bridgehead atoms. The van der Waals surface area contributed by atoms with E-state index >= 15 is 0 Å². The number of rotatable bonds is 4. The standard InChI is InChI=1S/C13H18N6O3/c1-2-22-9(20)7-19-8-15-11-10(19)12(21)17-13(16-11)18-5-3-14-4-6-18/h8,14H,2-7H2,1H3,(H,16,17,21). The minimum atomic E-state index is -0.410. The van der Waals surface area contributed by atoms with Gasteiger partial charge in [-0.2, -0.15) is 4.98 Å². The van der Waals surface area contributed by atoms with Gasteiger partial charge in [-0.05, 0) is 6.92 Å². The van der Waals surface area contributed by atoms with Crippen molar-refractivity contribution >= 4 is 23.1 Å². The maximum atomic E-state index is 12.3. The number of aromatic nitrogens is 4. The molecule has 1 aliphatic rings. The Labute approximate surface area is 126 Å². The molecule has 0 saturated carbocycles. The summed E-state index contributed by atoms with van der Waals surface area (Å²) in [4.78, 5) is 37.2. The van der Waals surface area contributed by atoms with Gasteiger partial charge in [0.25, 0.3) is 5.56 Å². The zero-order valence-electron chi connectivity index (χ0n) is 12.3. The van der Waals surface area contributed by atoms with E-state index in [1.54, 1.807) is 6.92 Å². The molecule has 0 amide bonds. The summed E-state index contributed by atoms with van der Waals surface area (Å²) in [5.41, 5.74) is 0.314. The Balaban J connectivity index is 1.92. The molecule has 1 aliphatic heterocycles. The normalized spacial score (nSPS) is 15.2. The largest absolute Gasteiger partial charge is 0.465 e. The Morgan fingerprint density at radius 1 is 1.41 bits per heavy atom. The fourth-order valence-electron chi connectivity index (χ4n) is 2.47. The van der Waals surface area contributed by atoms with Crippen molar-refractivity contribution in [3.63, 3.8) is 0 Å². The van der Waals surface area contributed by atoms with Crippen LogP contribution in [-0.4, -0.2) is 58.3 Å². The Morgan fingerprint density at radius 2 is 2.18 bits per heavy atom. The number of ether oxygens (including phenoxy) is 1. The van der Waals surface area contributed by atoms with Gasteiger partial charge in [0, 0.05) is 26.2 Å². The Morgan fingerprint density at radius 3 is 2.91 bits per heavy atom. The highest BCUT2D eigenvalue weighted by molar-refractivity contribution is 5.75. The summed E-state index contributed by atoms with van der Waals surface area (Å²) in [6.45, 7) is 5.22. The van der Waals surface area contributed by atoms with E-state index in [0.29, 0.717) is 18.2 Å². The van der Waals surface area contributed by atoms with E-state index in [4.69, 9.17) is 4.74 Å². The number of H-pyrrole nitrogens is 1. The summed E-state index contributed by atoms with van der Waals surface area (Å²) in [7, 11) is 0. The Hall–Kier alpha value is -2.42. The number of anilines is 1. The summed E-state index contributed by atoms with van der Waals surface area (Å²) in [5.74, 6) is 0.104. The van der Waals surface area contributed by atoms with E-state index in [1.807, 2.05) is 4.90 Å². The Kier molecular flexibility index (Phi) is 4.05. The lowest BCUT2D eigenvalue weighted by Gasteiger charge is -2.27. The average Bonchev–Trinajstić information content (AvgIpc) is 2.92. The number of piperazine rings is 1. The number of nitrogens with zero attached hydrogens (tertiary/aromatic N) is 4. The van der Waals surface area contributed by atoms with Gasteiger partial charge >= 0.3 is 5.97 Å². The molecular weight excluding hydrogens is 288 g/mol. The highest BCUT2D eigenvalue weighted by Crippen LogP contribution is 2.11. The predicted octanol–water partition coefficient (Wildman–Crippen LogP) is -0.908. The van der Waals surface area contributed by atoms with Crippen LogP contribution < -0.4 is 15.8 Å². The lowest BCUT2D eigenvalue weighted by atomic mass is 10.4. The third-order valence-corrected chi connectivity index (χ3v) is 3.49. The highest BCUT2D eigenvalue weighted by Gasteiger charge is 2.17. The number of carbonyl (C=O) groups is 1. The zero-order valence-corrected chi connectivity index (χ0v) is 12.3. The van der Waals surface area contributed by atoms with Crippen LogP contribution in [0.5, 0.6) is 0 Å². The number of nitrogens with one attached hydrogen (secondary N) is 2. The molecule has 22 heavy (non-hydrogen) atoms. The molecule has 0 unspecified atom stereocenters. The summed E-state index contributed by atoms with van der Waals surface area (Å²) >= 11 is 0. The smallest absolute Gasteiger partial charge is 0.326 e. The lowest BCUT2D eigenvalue weighted by molar-refractivity contribution is -0.143. The van der Waals surface area contributed by atoms with Crippen LogP contribution in [0.1, 0.15) is 6.92 Å². The second-order valence-electron chi connectivity index (χ2n) is 4.98. The maximum Gasteiger partial charge on any atom is 0.326 e. The molecule has 2 aromatic rings. The summed E-state index contributed by atoms with van der Waals surface area (Å²) in [6.07, 6.45) is 1.44. The van der Waals surface area contributed by atoms with E-state index in [2.05, 4.69) is 20.3 Å². The van der Waals surface area contributed by atoms with Gasteiger partial charge in [0.1, 0.15) is 6.54 Å². The predicted molar refractivity (Wildman–Crippen MR) is 79.9 cm³/mol. The number of carbonyl (C=O) groups excluding carboxylic acids is 1. The van der Waals surface area contributed by atoms with Crippen molar-refractivity contribution in [3.8, 4) is 0 Å². The minimum absolute atomic E-state index is 0.0535. The van der Waals surface area contributed by atoms with Crippen LogP contribution >= 0.6 is 0 Å². The first kappa shape index (κ1) is 14.5. The van der Waals surface area contributed by atoms with Crippen LogP contribution in [0.2, 0.25) is 0 Å². The number of aromatic amines is 1. The molecule has 9 nitrogen and oxygen atoms in total. The first-order valence-electron chi connectivity index (χ1n) is 7.25. The number of esters is 1. The van der Waals surface area contributed by atoms with Crippen LogP contribution in [0.3, 0.4) is 0 Å². The first-order valence-corrected chi connectivity index (χ1v) is 7.25. The number of hydrogen-bond donors (Lipinski definition) is 2. The highest BCUT2D eigenvalue weighted by atomic mass is 16.5. The topological polar surface area (TPSA) is 105 Å². The molecule has 2 N–H and O–H groups in total. The van der Waals surface area contributed by atoms with E-state index in [1.165, 1.54) is 10.9 Å². The van der Waals surface area contributed by atoms with Crippen LogP contribution in [0.15, 0.2) is 11.1 Å². The number of imidazole rings is 1. The van der Waals surface area contributed by atoms with Crippen molar-refractivity contribution in [1.82, 2.24) is 24.8 Å². The van der Waals surface area contributed by atoms with Gasteiger partial charge < -0.3 is 19.5 Å². The summed E-state index contributed by atoms with van der Waals surface area (Å²) in [6, 6.07) is 0. The second-order valence-corrected chi connectivity index (χ2v) is 4.98. The zero-order chi connectivity index (χ0) is 15.5. The van der Waals surface area contributed by atoms with Gasteiger partial charge in [-0.15, -0.1) is 0 Å². The van der Waals surface area contributed by atoms with E-state index in [-0.39, 0.29) is 17.6 Å². The van der Waals surface area contributed by atoms with Crippen molar-refractivity contribution in [1.29, 1.82) is 0 Å². The SMILES string of the molecule is CCOC(=O)Cn1cnc2nc(N3CCNCC3)[nH]c(=O)c21. The van der Waals surface area contributed by atoms with Gasteiger partial charge in [-0.25, -0.2) is 4.98 Å². The molecule has 0 aromatic carbocycles. The number of fused-ring (bicyclic) bond motifs is 1. The van der Waals surface area contributed by atoms with Crippen LogP contribution in [0.25, 0.3) is 11.2 Å². The molecule has 0 atom stereocenters. The van der Waals surface area contributed by atoms with Crippen molar-refractivity contribution in [2.45, 2.75) is 13.5 Å². The molecule has 3 rings (SSSR count). The van der Waals surface area contributed by atoms with Gasteiger partial charge in [-0.1, -0.05) is 0 Å². The molecule has 3 heterocycles. The maximum absolute atomic E-state index is 12.3. The minimum Gasteiger partial charge on any atom is -0.465 e. The molecule has 1 fully saturated rings. The van der Waals surface area contributed by atoms with E-state index in [9.17, 15) is 9.59 Å². The average molecular weight is 306 g/mol. The molecule has 118 valence electrons. The molecule has 9 heteroatoms. The third-order valence-electron chi connectivity index (χ3n) is 3.49. The van der Waals surface area contributed by atoms with Crippen molar-refractivity contribution in [3.05, 3.63) is 16.7 Å². The third kappa shape index (κ3) is 2.80. The molecule has 0 radical (unpaired) electrons. The van der Waals surface area contributed by atoms with Crippen LogP contribution in [-0.2, 0) is 16.1 Å². The molecule has 2 aromatic heterocycles. The Bertz CT molecular complexity index is 731. The fraction of sp³-hybridized carbons (Fsp3) is 0.538. The van der Waals surface area contributed by atoms with E-state index < -0.39 is 5.97 Å². The quantitative estimate of drug-likeness (QED) is 0.705. The molecule has 0 spiro atoms. The van der Waals surface area contributed by atoms with Crippen LogP contribution in [0, 0.1) is 0 Å².